The Morgan fingerprint density at radius 1 is 1.10 bits per heavy atom. The van der Waals surface area contributed by atoms with E-state index >= 15 is 0 Å². The first-order chi connectivity index (χ1) is 14.3. The number of pyridine rings is 2. The van der Waals surface area contributed by atoms with Crippen LogP contribution in [0.5, 0.6) is 0 Å². The highest BCUT2D eigenvalue weighted by Crippen LogP contribution is 2.30. The molecular weight excluding hydrogens is 378 g/mol. The van der Waals surface area contributed by atoms with Crippen LogP contribution in [0.2, 0.25) is 0 Å². The van der Waals surface area contributed by atoms with Gasteiger partial charge < -0.3 is 19.8 Å². The van der Waals surface area contributed by atoms with E-state index in [-0.39, 0.29) is 11.8 Å². The molecule has 30 heavy (non-hydrogen) atoms. The van der Waals surface area contributed by atoms with Gasteiger partial charge in [-0.3, -0.25) is 14.8 Å². The molecule has 2 aliphatic heterocycles. The van der Waals surface area contributed by atoms with Crippen LogP contribution in [0.15, 0.2) is 36.7 Å². The van der Waals surface area contributed by atoms with Crippen molar-refractivity contribution in [2.75, 3.05) is 49.6 Å². The minimum atomic E-state index is -0.991. The van der Waals surface area contributed by atoms with Crippen LogP contribution in [-0.2, 0) is 16.8 Å². The van der Waals surface area contributed by atoms with Crippen molar-refractivity contribution in [1.82, 2.24) is 14.9 Å². The number of aliphatic hydroxyl groups is 1. The fourth-order valence-corrected chi connectivity index (χ4v) is 4.25. The summed E-state index contributed by atoms with van der Waals surface area (Å²) in [7, 11) is 2.15. The van der Waals surface area contributed by atoms with E-state index in [0.29, 0.717) is 18.7 Å². The third-order valence-electron chi connectivity index (χ3n) is 6.15. The maximum absolute atomic E-state index is 13.1. The number of rotatable bonds is 5. The maximum Gasteiger partial charge on any atom is 0.230 e. The van der Waals surface area contributed by atoms with Crippen LogP contribution in [0, 0.1) is 5.92 Å². The van der Waals surface area contributed by atoms with Crippen molar-refractivity contribution in [3.8, 4) is 0 Å². The summed E-state index contributed by atoms with van der Waals surface area (Å²) in [6.45, 7) is 8.14. The van der Waals surface area contributed by atoms with Crippen molar-refractivity contribution in [2.45, 2.75) is 32.3 Å². The molecule has 1 atom stereocenters. The summed E-state index contributed by atoms with van der Waals surface area (Å²) in [4.78, 5) is 28.7. The summed E-state index contributed by atoms with van der Waals surface area (Å²) in [6, 6.07) is 7.77. The molecule has 2 aliphatic rings. The molecule has 4 heterocycles. The van der Waals surface area contributed by atoms with Gasteiger partial charge in [-0.2, -0.15) is 0 Å². The predicted octanol–water partition coefficient (Wildman–Crippen LogP) is 2.05. The summed E-state index contributed by atoms with van der Waals surface area (Å²) >= 11 is 0. The van der Waals surface area contributed by atoms with Gasteiger partial charge >= 0.3 is 0 Å². The van der Waals surface area contributed by atoms with Gasteiger partial charge in [0.15, 0.2) is 0 Å². The fraction of sp³-hybridized carbons (Fsp3) is 0.522. The summed E-state index contributed by atoms with van der Waals surface area (Å²) < 4.78 is 0. The van der Waals surface area contributed by atoms with Crippen LogP contribution in [0.1, 0.15) is 31.7 Å². The maximum atomic E-state index is 13.1. The molecule has 0 aliphatic carbocycles. The molecule has 0 radical (unpaired) electrons. The quantitative estimate of drug-likeness (QED) is 0.815. The van der Waals surface area contributed by atoms with Gasteiger partial charge in [0.2, 0.25) is 5.91 Å². The number of hydrogen-bond acceptors (Lipinski definition) is 6. The number of carbonyl (C=O) groups excluding carboxylic acids is 1. The van der Waals surface area contributed by atoms with Crippen LogP contribution >= 0.6 is 0 Å². The molecule has 2 fully saturated rings. The molecule has 7 nitrogen and oxygen atoms in total. The zero-order valence-corrected chi connectivity index (χ0v) is 18.1. The second-order valence-corrected chi connectivity index (χ2v) is 8.90. The smallest absolute Gasteiger partial charge is 0.230 e. The summed E-state index contributed by atoms with van der Waals surface area (Å²) in [6.07, 6.45) is 4.98. The number of carbonyl (C=O) groups is 1. The highest BCUT2D eigenvalue weighted by molar-refractivity contribution is 5.97. The fourth-order valence-electron chi connectivity index (χ4n) is 4.25. The second kappa shape index (κ2) is 8.32. The Morgan fingerprint density at radius 2 is 1.87 bits per heavy atom. The van der Waals surface area contributed by atoms with Crippen LogP contribution in [0.3, 0.4) is 0 Å². The first-order valence-corrected chi connectivity index (χ1v) is 10.7. The number of amides is 1. The van der Waals surface area contributed by atoms with Crippen LogP contribution in [0.25, 0.3) is 0 Å². The molecule has 1 amide bonds. The van der Waals surface area contributed by atoms with Gasteiger partial charge in [-0.25, -0.2) is 0 Å². The van der Waals surface area contributed by atoms with Gasteiger partial charge in [0.25, 0.3) is 0 Å². The van der Waals surface area contributed by atoms with Crippen LogP contribution in [0.4, 0.5) is 11.4 Å². The van der Waals surface area contributed by atoms with Gasteiger partial charge in [0.1, 0.15) is 5.60 Å². The Balaban J connectivity index is 1.46. The topological polar surface area (TPSA) is 72.8 Å². The molecule has 0 aromatic carbocycles. The molecule has 2 aromatic heterocycles. The van der Waals surface area contributed by atoms with Gasteiger partial charge in [0, 0.05) is 51.3 Å². The molecule has 160 valence electrons. The average Bonchev–Trinajstić information content (AvgIpc) is 3.09. The van der Waals surface area contributed by atoms with Crippen molar-refractivity contribution in [2.24, 2.45) is 5.92 Å². The lowest BCUT2D eigenvalue weighted by molar-refractivity contribution is -0.120. The summed E-state index contributed by atoms with van der Waals surface area (Å²) in [5.41, 5.74) is 2.57. The molecule has 0 bridgehead atoms. The molecule has 0 spiro atoms. The largest absolute Gasteiger partial charge is 0.384 e. The van der Waals surface area contributed by atoms with Gasteiger partial charge in [-0.1, -0.05) is 0 Å². The van der Waals surface area contributed by atoms with Crippen molar-refractivity contribution >= 4 is 17.3 Å². The first-order valence-electron chi connectivity index (χ1n) is 10.7. The number of likely N-dealkylation sites (N-methyl/N-ethyl adjacent to an activating group) is 1. The number of aromatic nitrogens is 2. The van der Waals surface area contributed by atoms with E-state index in [1.54, 1.807) is 26.1 Å². The van der Waals surface area contributed by atoms with E-state index < -0.39 is 5.60 Å². The predicted molar refractivity (Wildman–Crippen MR) is 118 cm³/mol. The minimum Gasteiger partial charge on any atom is -0.384 e. The Bertz CT molecular complexity index is 885. The lowest BCUT2D eigenvalue weighted by Gasteiger charge is -2.35. The van der Waals surface area contributed by atoms with Crippen LogP contribution in [-0.4, -0.2) is 65.7 Å². The zero-order chi connectivity index (χ0) is 21.3. The van der Waals surface area contributed by atoms with Gasteiger partial charge in [0.05, 0.1) is 29.0 Å². The average molecular weight is 410 g/mol. The van der Waals surface area contributed by atoms with E-state index in [1.165, 1.54) is 0 Å². The van der Waals surface area contributed by atoms with E-state index in [4.69, 9.17) is 0 Å². The number of anilines is 2. The van der Waals surface area contributed by atoms with Crippen LogP contribution < -0.4 is 9.80 Å². The van der Waals surface area contributed by atoms with Crippen molar-refractivity contribution in [1.29, 1.82) is 0 Å². The summed E-state index contributed by atoms with van der Waals surface area (Å²) in [5, 5.41) is 10.1. The summed E-state index contributed by atoms with van der Waals surface area (Å²) in [5.74, 6) is 0.0582. The minimum absolute atomic E-state index is 0.0694. The lowest BCUT2D eigenvalue weighted by Crippen LogP contribution is -2.45. The van der Waals surface area contributed by atoms with Crippen molar-refractivity contribution in [3.63, 3.8) is 0 Å². The van der Waals surface area contributed by atoms with Crippen molar-refractivity contribution in [3.05, 3.63) is 48.0 Å². The Labute approximate surface area is 178 Å². The molecule has 0 saturated carbocycles. The van der Waals surface area contributed by atoms with E-state index in [2.05, 4.69) is 32.9 Å². The zero-order valence-electron chi connectivity index (χ0n) is 18.1. The van der Waals surface area contributed by atoms with Crippen molar-refractivity contribution < 1.29 is 9.90 Å². The Kier molecular flexibility index (Phi) is 5.75. The highest BCUT2D eigenvalue weighted by atomic mass is 16.3. The Hall–Kier alpha value is -2.51. The molecule has 4 rings (SSSR count). The number of piperazine rings is 1. The van der Waals surface area contributed by atoms with E-state index in [1.807, 2.05) is 23.2 Å². The SMILES string of the molecule is CN1CCN(c2cccnc2CC2CCN(c3ccc(C(C)(C)O)nc3)C2=O)CC1. The molecule has 2 saturated heterocycles. The second-order valence-electron chi connectivity index (χ2n) is 8.90. The first kappa shape index (κ1) is 20.8. The molecule has 2 aromatic rings. The number of nitrogens with zero attached hydrogens (tertiary/aromatic N) is 5. The van der Waals surface area contributed by atoms with Gasteiger partial charge in [-0.15, -0.1) is 0 Å². The molecule has 1 N–H and O–H groups in total. The monoisotopic (exact) mass is 409 g/mol. The van der Waals surface area contributed by atoms with E-state index in [9.17, 15) is 9.90 Å². The third kappa shape index (κ3) is 4.32. The number of hydrogen-bond donors (Lipinski definition) is 1. The highest BCUT2D eigenvalue weighted by Gasteiger charge is 2.34. The molecule has 1 unspecified atom stereocenters. The third-order valence-corrected chi connectivity index (χ3v) is 6.15. The van der Waals surface area contributed by atoms with E-state index in [0.717, 1.165) is 49.7 Å². The normalized spacial score (nSPS) is 20.8. The lowest BCUT2D eigenvalue weighted by atomic mass is 10.00. The molecule has 7 heteroatoms. The Morgan fingerprint density at radius 3 is 2.53 bits per heavy atom. The standard InChI is InChI=1S/C23H31N5O2/c1-23(2,30)21-7-6-18(16-25-21)28-10-8-17(22(28)29)15-19-20(5-4-9-24-19)27-13-11-26(3)12-14-27/h4-7,9,16-17,30H,8,10-15H2,1-3H3. The van der Waals surface area contributed by atoms with Gasteiger partial charge in [-0.05, 0) is 51.6 Å². The molecular formula is C23H31N5O2.